The van der Waals surface area contributed by atoms with Crippen LogP contribution in [-0.2, 0) is 10.2 Å². The summed E-state index contributed by atoms with van der Waals surface area (Å²) in [5.74, 6) is -0.791. The summed E-state index contributed by atoms with van der Waals surface area (Å²) in [5, 5.41) is 0. The molecule has 0 saturated heterocycles. The van der Waals surface area contributed by atoms with Crippen LogP contribution in [0.1, 0.15) is 0 Å². The Kier molecular flexibility index (Phi) is 2.93. The van der Waals surface area contributed by atoms with Gasteiger partial charge in [0.1, 0.15) is 10.7 Å². The molecule has 0 aromatic heterocycles. The summed E-state index contributed by atoms with van der Waals surface area (Å²) >= 11 is 0. The number of hydrogen-bond donors (Lipinski definition) is 0. The normalized spacial score (nSPS) is 11.4. The maximum atomic E-state index is 13.1. The quantitative estimate of drug-likeness (QED) is 0.771. The van der Waals surface area contributed by atoms with Gasteiger partial charge in [0.05, 0.1) is 0 Å². The highest BCUT2D eigenvalue weighted by molar-refractivity contribution is 7.86. The Bertz CT molecular complexity index is 637. The van der Waals surface area contributed by atoms with E-state index in [1.165, 1.54) is 6.07 Å². The molecule has 0 heterocycles. The van der Waals surface area contributed by atoms with Crippen LogP contribution in [0.25, 0.3) is 11.1 Å². The van der Waals surface area contributed by atoms with Gasteiger partial charge in [0, 0.05) is 5.56 Å². The van der Waals surface area contributed by atoms with E-state index in [0.717, 1.165) is 6.07 Å². The molecule has 17 heavy (non-hydrogen) atoms. The Labute approximate surface area is 97.7 Å². The minimum absolute atomic E-state index is 0.148. The number of benzene rings is 2. The van der Waals surface area contributed by atoms with Crippen molar-refractivity contribution in [2.24, 2.45) is 0 Å². The average Bonchev–Trinajstić information content (AvgIpc) is 2.29. The molecule has 0 amide bonds. The van der Waals surface area contributed by atoms with Gasteiger partial charge < -0.3 is 0 Å². The van der Waals surface area contributed by atoms with Crippen LogP contribution < -0.4 is 0 Å². The van der Waals surface area contributed by atoms with Crippen LogP contribution >= 0.6 is 0 Å². The van der Waals surface area contributed by atoms with Crippen molar-refractivity contribution in [1.82, 2.24) is 0 Å². The number of hydrogen-bond acceptors (Lipinski definition) is 2. The van der Waals surface area contributed by atoms with Crippen molar-refractivity contribution < 1.29 is 16.7 Å². The van der Waals surface area contributed by atoms with E-state index in [-0.39, 0.29) is 5.56 Å². The third kappa shape index (κ3) is 2.50. The fraction of sp³-hybridized carbons (Fsp3) is 0. The zero-order valence-electron chi connectivity index (χ0n) is 8.60. The molecule has 0 spiro atoms. The van der Waals surface area contributed by atoms with Crippen LogP contribution in [0.4, 0.5) is 8.28 Å². The summed E-state index contributed by atoms with van der Waals surface area (Å²) in [6.07, 6.45) is 0. The molecular formula is C12H8F2O2S. The second kappa shape index (κ2) is 4.25. The van der Waals surface area contributed by atoms with Gasteiger partial charge in [-0.05, 0) is 17.7 Å². The Morgan fingerprint density at radius 1 is 0.941 bits per heavy atom. The monoisotopic (exact) mass is 254 g/mol. The second-order valence-corrected chi connectivity index (χ2v) is 4.76. The predicted octanol–water partition coefficient (Wildman–Crippen LogP) is 3.15. The first-order valence-electron chi connectivity index (χ1n) is 4.78. The molecule has 0 N–H and O–H groups in total. The maximum absolute atomic E-state index is 13.1. The third-order valence-electron chi connectivity index (χ3n) is 2.29. The van der Waals surface area contributed by atoms with E-state index in [1.54, 1.807) is 30.3 Å². The molecule has 0 saturated carbocycles. The van der Waals surface area contributed by atoms with E-state index in [9.17, 15) is 16.7 Å². The lowest BCUT2D eigenvalue weighted by Crippen LogP contribution is -1.96. The molecule has 2 aromatic rings. The van der Waals surface area contributed by atoms with Gasteiger partial charge in [-0.3, -0.25) is 0 Å². The first-order chi connectivity index (χ1) is 7.98. The van der Waals surface area contributed by atoms with Gasteiger partial charge in [-0.1, -0.05) is 36.4 Å². The van der Waals surface area contributed by atoms with Crippen molar-refractivity contribution in [2.45, 2.75) is 4.90 Å². The Morgan fingerprint density at radius 3 is 2.18 bits per heavy atom. The van der Waals surface area contributed by atoms with Crippen LogP contribution in [0.15, 0.2) is 53.4 Å². The number of halogens is 2. The maximum Gasteiger partial charge on any atom is 0.332 e. The van der Waals surface area contributed by atoms with E-state index in [4.69, 9.17) is 0 Å². The molecule has 2 nitrogen and oxygen atoms in total. The summed E-state index contributed by atoms with van der Waals surface area (Å²) < 4.78 is 47.9. The van der Waals surface area contributed by atoms with Crippen molar-refractivity contribution >= 4 is 10.2 Å². The molecule has 5 heteroatoms. The summed E-state index contributed by atoms with van der Waals surface area (Å²) in [6, 6.07) is 11.4. The highest BCUT2D eigenvalue weighted by atomic mass is 32.3. The smallest absolute Gasteiger partial charge is 0.207 e. The Balaban J connectivity index is 2.71. The third-order valence-corrected chi connectivity index (χ3v) is 3.15. The molecule has 0 fully saturated rings. The van der Waals surface area contributed by atoms with Crippen molar-refractivity contribution in [2.75, 3.05) is 0 Å². The minimum atomic E-state index is -4.94. The molecule has 0 bridgehead atoms. The summed E-state index contributed by atoms with van der Waals surface area (Å²) in [5.41, 5.74) is 0.665. The molecule has 0 radical (unpaired) electrons. The molecule has 0 atom stereocenters. The van der Waals surface area contributed by atoms with Crippen molar-refractivity contribution in [3.05, 3.63) is 54.3 Å². The van der Waals surface area contributed by atoms with Gasteiger partial charge in [-0.2, -0.15) is 8.42 Å². The Morgan fingerprint density at radius 2 is 1.59 bits per heavy atom. The van der Waals surface area contributed by atoms with Crippen LogP contribution in [0.5, 0.6) is 0 Å². The lowest BCUT2D eigenvalue weighted by Gasteiger charge is -2.06. The number of rotatable bonds is 2. The lowest BCUT2D eigenvalue weighted by atomic mass is 10.1. The van der Waals surface area contributed by atoms with Crippen molar-refractivity contribution in [1.29, 1.82) is 0 Å². The van der Waals surface area contributed by atoms with E-state index in [2.05, 4.69) is 0 Å². The van der Waals surface area contributed by atoms with Gasteiger partial charge in [0.15, 0.2) is 0 Å². The molecule has 2 aromatic carbocycles. The van der Waals surface area contributed by atoms with Gasteiger partial charge in [-0.25, -0.2) is 4.39 Å². The zero-order chi connectivity index (χ0) is 12.5. The van der Waals surface area contributed by atoms with Gasteiger partial charge in [0.25, 0.3) is 0 Å². The van der Waals surface area contributed by atoms with Crippen LogP contribution in [0, 0.1) is 5.82 Å². The predicted molar refractivity (Wildman–Crippen MR) is 60.1 cm³/mol. The lowest BCUT2D eigenvalue weighted by molar-refractivity contribution is 0.550. The van der Waals surface area contributed by atoms with Crippen LogP contribution in [0.3, 0.4) is 0 Å². The van der Waals surface area contributed by atoms with E-state index in [1.807, 2.05) is 0 Å². The van der Waals surface area contributed by atoms with Crippen LogP contribution in [-0.4, -0.2) is 8.42 Å². The first kappa shape index (κ1) is 11.7. The zero-order valence-corrected chi connectivity index (χ0v) is 9.42. The van der Waals surface area contributed by atoms with Gasteiger partial charge in [0.2, 0.25) is 0 Å². The highest BCUT2D eigenvalue weighted by Gasteiger charge is 2.19. The fourth-order valence-electron chi connectivity index (χ4n) is 1.55. The summed E-state index contributed by atoms with van der Waals surface area (Å²) in [6.45, 7) is 0. The summed E-state index contributed by atoms with van der Waals surface area (Å²) in [4.78, 5) is -0.649. The highest BCUT2D eigenvalue weighted by Crippen LogP contribution is 2.29. The average molecular weight is 254 g/mol. The van der Waals surface area contributed by atoms with Gasteiger partial charge >= 0.3 is 10.2 Å². The molecule has 0 unspecified atom stereocenters. The molecular weight excluding hydrogens is 246 g/mol. The summed E-state index contributed by atoms with van der Waals surface area (Å²) in [7, 11) is -4.94. The minimum Gasteiger partial charge on any atom is -0.207 e. The molecule has 88 valence electrons. The fourth-order valence-corrected chi connectivity index (χ4v) is 2.26. The molecule has 0 aliphatic carbocycles. The molecule has 0 aliphatic rings. The topological polar surface area (TPSA) is 34.1 Å². The largest absolute Gasteiger partial charge is 0.332 e. The second-order valence-electron chi connectivity index (χ2n) is 3.44. The van der Waals surface area contributed by atoms with E-state index >= 15 is 0 Å². The standard InChI is InChI=1S/C12H8F2O2S/c13-10-6-7-11(9-4-2-1-3-5-9)12(8-10)17(14,15)16/h1-8H. The van der Waals surface area contributed by atoms with Crippen molar-refractivity contribution in [3.8, 4) is 11.1 Å². The van der Waals surface area contributed by atoms with E-state index < -0.39 is 20.9 Å². The SMILES string of the molecule is O=S(=O)(F)c1cc(F)ccc1-c1ccccc1. The van der Waals surface area contributed by atoms with E-state index in [0.29, 0.717) is 11.6 Å². The van der Waals surface area contributed by atoms with Gasteiger partial charge in [-0.15, -0.1) is 3.89 Å². The molecule has 0 aliphatic heterocycles. The Hall–Kier alpha value is -1.75. The molecule has 2 rings (SSSR count). The van der Waals surface area contributed by atoms with Crippen LogP contribution in [0.2, 0.25) is 0 Å². The first-order valence-corrected chi connectivity index (χ1v) is 6.16. The van der Waals surface area contributed by atoms with Crippen molar-refractivity contribution in [3.63, 3.8) is 0 Å².